The summed E-state index contributed by atoms with van der Waals surface area (Å²) in [7, 11) is 0. The van der Waals surface area contributed by atoms with Crippen molar-refractivity contribution in [3.63, 3.8) is 0 Å². The summed E-state index contributed by atoms with van der Waals surface area (Å²) >= 11 is 5.56. The molecular formula is C17H26N2OS. The van der Waals surface area contributed by atoms with Crippen LogP contribution in [0.4, 0.5) is 0 Å². The molecule has 1 aromatic carbocycles. The van der Waals surface area contributed by atoms with Crippen molar-refractivity contribution in [1.29, 1.82) is 0 Å². The van der Waals surface area contributed by atoms with Gasteiger partial charge in [-0.05, 0) is 70.0 Å². The van der Waals surface area contributed by atoms with E-state index in [0.717, 1.165) is 35.8 Å². The number of nitrogens with one attached hydrogen (secondary N) is 2. The quantitative estimate of drug-likeness (QED) is 0.791. The van der Waals surface area contributed by atoms with E-state index in [4.69, 9.17) is 17.0 Å². The summed E-state index contributed by atoms with van der Waals surface area (Å²) < 4.78 is 5.66. The maximum Gasteiger partial charge on any atom is 0.119 e. The van der Waals surface area contributed by atoms with E-state index in [9.17, 15) is 0 Å². The molecule has 0 saturated carbocycles. The van der Waals surface area contributed by atoms with Crippen molar-refractivity contribution < 1.29 is 4.74 Å². The fraction of sp³-hybridized carbons (Fsp3) is 0.588. The zero-order valence-electron chi connectivity index (χ0n) is 13.2. The van der Waals surface area contributed by atoms with Crippen LogP contribution in [0.25, 0.3) is 0 Å². The summed E-state index contributed by atoms with van der Waals surface area (Å²) in [6, 6.07) is 8.50. The fourth-order valence-electron chi connectivity index (χ4n) is 2.78. The molecule has 2 N–H and O–H groups in total. The first-order valence-corrected chi connectivity index (χ1v) is 8.29. The SMILES string of the molecule is CCC(NC(=S)c1ccc(OC(C)C)cc1)C1CCNC1. The van der Waals surface area contributed by atoms with Crippen molar-refractivity contribution in [2.24, 2.45) is 5.92 Å². The van der Waals surface area contributed by atoms with Gasteiger partial charge in [-0.1, -0.05) is 19.1 Å². The molecule has 116 valence electrons. The number of hydrogen-bond donors (Lipinski definition) is 2. The molecule has 1 aromatic rings. The molecule has 1 aliphatic heterocycles. The lowest BCUT2D eigenvalue weighted by Gasteiger charge is -2.24. The Morgan fingerprint density at radius 1 is 1.38 bits per heavy atom. The lowest BCUT2D eigenvalue weighted by molar-refractivity contribution is 0.242. The molecule has 21 heavy (non-hydrogen) atoms. The van der Waals surface area contributed by atoms with Crippen LogP contribution in [0.5, 0.6) is 5.75 Å². The number of thiocarbonyl (C=S) groups is 1. The Balaban J connectivity index is 1.95. The zero-order chi connectivity index (χ0) is 15.2. The van der Waals surface area contributed by atoms with Gasteiger partial charge in [-0.3, -0.25) is 0 Å². The maximum absolute atomic E-state index is 5.66. The molecule has 0 radical (unpaired) electrons. The number of benzene rings is 1. The van der Waals surface area contributed by atoms with Crippen LogP contribution in [0, 0.1) is 5.92 Å². The molecular weight excluding hydrogens is 280 g/mol. The van der Waals surface area contributed by atoms with Gasteiger partial charge in [0.05, 0.1) is 6.10 Å². The molecule has 3 nitrogen and oxygen atoms in total. The van der Waals surface area contributed by atoms with Crippen molar-refractivity contribution in [3.8, 4) is 5.75 Å². The highest BCUT2D eigenvalue weighted by Gasteiger charge is 2.24. The number of rotatable bonds is 6. The van der Waals surface area contributed by atoms with E-state index in [1.54, 1.807) is 0 Å². The standard InChI is InChI=1S/C17H26N2OS/c1-4-16(14-9-10-18-11-14)19-17(21)13-5-7-15(8-6-13)20-12(2)3/h5-8,12,14,16,18H,4,9-11H2,1-3H3,(H,19,21). The predicted molar refractivity (Wildman–Crippen MR) is 92.1 cm³/mol. The first kappa shape index (κ1) is 16.2. The molecule has 4 heteroatoms. The molecule has 0 amide bonds. The summed E-state index contributed by atoms with van der Waals surface area (Å²) in [5, 5.41) is 6.96. The van der Waals surface area contributed by atoms with Gasteiger partial charge in [0.15, 0.2) is 0 Å². The highest BCUT2D eigenvalue weighted by atomic mass is 32.1. The van der Waals surface area contributed by atoms with Crippen LogP contribution in [0.3, 0.4) is 0 Å². The van der Waals surface area contributed by atoms with E-state index < -0.39 is 0 Å². The monoisotopic (exact) mass is 306 g/mol. The van der Waals surface area contributed by atoms with Gasteiger partial charge >= 0.3 is 0 Å². The van der Waals surface area contributed by atoms with Crippen molar-refractivity contribution in [3.05, 3.63) is 29.8 Å². The largest absolute Gasteiger partial charge is 0.491 e. The first-order valence-electron chi connectivity index (χ1n) is 7.88. The Kier molecular flexibility index (Phi) is 6.00. The minimum atomic E-state index is 0.195. The van der Waals surface area contributed by atoms with Gasteiger partial charge < -0.3 is 15.4 Å². The molecule has 1 heterocycles. The highest BCUT2D eigenvalue weighted by Crippen LogP contribution is 2.18. The van der Waals surface area contributed by atoms with Gasteiger partial charge in [-0.15, -0.1) is 0 Å². The van der Waals surface area contributed by atoms with E-state index >= 15 is 0 Å². The van der Waals surface area contributed by atoms with E-state index in [-0.39, 0.29) is 6.10 Å². The fourth-order valence-corrected chi connectivity index (χ4v) is 3.07. The molecule has 0 bridgehead atoms. The topological polar surface area (TPSA) is 33.3 Å². The van der Waals surface area contributed by atoms with E-state index in [1.807, 2.05) is 38.1 Å². The van der Waals surface area contributed by atoms with Crippen LogP contribution in [0.2, 0.25) is 0 Å². The minimum Gasteiger partial charge on any atom is -0.491 e. The third-order valence-corrected chi connectivity index (χ3v) is 4.27. The molecule has 1 saturated heterocycles. The third-order valence-electron chi connectivity index (χ3n) is 3.91. The Hall–Kier alpha value is -1.13. The van der Waals surface area contributed by atoms with Gasteiger partial charge in [-0.2, -0.15) is 0 Å². The second-order valence-corrected chi connectivity index (χ2v) is 6.34. The van der Waals surface area contributed by atoms with Crippen LogP contribution in [0.1, 0.15) is 39.2 Å². The Morgan fingerprint density at radius 3 is 2.62 bits per heavy atom. The lowest BCUT2D eigenvalue weighted by Crippen LogP contribution is -2.40. The molecule has 2 unspecified atom stereocenters. The van der Waals surface area contributed by atoms with Crippen molar-refractivity contribution >= 4 is 17.2 Å². The Bertz CT molecular complexity index is 452. The highest BCUT2D eigenvalue weighted by molar-refractivity contribution is 7.80. The summed E-state index contributed by atoms with van der Waals surface area (Å²) in [4.78, 5) is 0.838. The minimum absolute atomic E-state index is 0.195. The Morgan fingerprint density at radius 2 is 2.10 bits per heavy atom. The number of ether oxygens (including phenoxy) is 1. The summed E-state index contributed by atoms with van der Waals surface area (Å²) in [6.45, 7) is 8.49. The van der Waals surface area contributed by atoms with Crippen molar-refractivity contribution in [2.75, 3.05) is 13.1 Å². The Labute approximate surface area is 133 Å². The van der Waals surface area contributed by atoms with Gasteiger partial charge in [-0.25, -0.2) is 0 Å². The van der Waals surface area contributed by atoms with Crippen LogP contribution in [-0.2, 0) is 0 Å². The molecule has 2 rings (SSSR count). The van der Waals surface area contributed by atoms with Gasteiger partial charge in [0.25, 0.3) is 0 Å². The van der Waals surface area contributed by atoms with Crippen LogP contribution >= 0.6 is 12.2 Å². The van der Waals surface area contributed by atoms with Gasteiger partial charge in [0.2, 0.25) is 0 Å². The second-order valence-electron chi connectivity index (χ2n) is 5.93. The maximum atomic E-state index is 5.66. The molecule has 0 aromatic heterocycles. The average molecular weight is 306 g/mol. The third kappa shape index (κ3) is 4.68. The van der Waals surface area contributed by atoms with Crippen LogP contribution in [0.15, 0.2) is 24.3 Å². The summed E-state index contributed by atoms with van der Waals surface area (Å²) in [6.07, 6.45) is 2.52. The van der Waals surface area contributed by atoms with Crippen LogP contribution in [-0.4, -0.2) is 30.2 Å². The number of hydrogen-bond acceptors (Lipinski definition) is 3. The average Bonchev–Trinajstić information content (AvgIpc) is 2.98. The predicted octanol–water partition coefficient (Wildman–Crippen LogP) is 3.13. The smallest absolute Gasteiger partial charge is 0.119 e. The van der Waals surface area contributed by atoms with E-state index in [0.29, 0.717) is 12.0 Å². The van der Waals surface area contributed by atoms with E-state index in [2.05, 4.69) is 17.6 Å². The van der Waals surface area contributed by atoms with Gasteiger partial charge in [0.1, 0.15) is 10.7 Å². The van der Waals surface area contributed by atoms with Crippen molar-refractivity contribution in [2.45, 2.75) is 45.8 Å². The molecule has 1 aliphatic rings. The first-order chi connectivity index (χ1) is 10.1. The van der Waals surface area contributed by atoms with Crippen molar-refractivity contribution in [1.82, 2.24) is 10.6 Å². The normalized spacial score (nSPS) is 19.5. The van der Waals surface area contributed by atoms with E-state index in [1.165, 1.54) is 6.42 Å². The zero-order valence-corrected chi connectivity index (χ0v) is 14.0. The molecule has 1 fully saturated rings. The lowest BCUT2D eigenvalue weighted by atomic mass is 9.96. The second kappa shape index (κ2) is 7.76. The summed E-state index contributed by atoms with van der Waals surface area (Å²) in [5.41, 5.74) is 1.06. The molecule has 2 atom stereocenters. The molecule has 0 aliphatic carbocycles. The van der Waals surface area contributed by atoms with Crippen LogP contribution < -0.4 is 15.4 Å². The molecule has 0 spiro atoms. The van der Waals surface area contributed by atoms with Gasteiger partial charge in [0, 0.05) is 11.6 Å². The summed E-state index contributed by atoms with van der Waals surface area (Å²) in [5.74, 6) is 1.57.